The molecule has 2 rings (SSSR count). The van der Waals surface area contributed by atoms with Crippen LogP contribution in [0.15, 0.2) is 24.3 Å². The maximum Gasteiger partial charge on any atom is 0.239 e. The van der Waals surface area contributed by atoms with Gasteiger partial charge in [-0.05, 0) is 37.0 Å². The summed E-state index contributed by atoms with van der Waals surface area (Å²) in [6.45, 7) is 1.91. The Labute approximate surface area is 123 Å². The minimum atomic E-state index is -0.176. The summed E-state index contributed by atoms with van der Waals surface area (Å²) in [5.41, 5.74) is 1.06. The van der Waals surface area contributed by atoms with Gasteiger partial charge in [-0.25, -0.2) is 0 Å². The van der Waals surface area contributed by atoms with Crippen molar-refractivity contribution >= 4 is 23.4 Å². The van der Waals surface area contributed by atoms with Crippen LogP contribution in [-0.2, 0) is 16.0 Å². The molecule has 0 saturated heterocycles. The summed E-state index contributed by atoms with van der Waals surface area (Å²) in [7, 11) is 0. The summed E-state index contributed by atoms with van der Waals surface area (Å²) in [5, 5.41) is 6.19. The largest absolute Gasteiger partial charge is 0.352 e. The van der Waals surface area contributed by atoms with Gasteiger partial charge in [-0.15, -0.1) is 0 Å². The molecule has 0 spiro atoms. The smallest absolute Gasteiger partial charge is 0.239 e. The van der Waals surface area contributed by atoms with Crippen LogP contribution >= 0.6 is 11.6 Å². The van der Waals surface area contributed by atoms with Gasteiger partial charge in [-0.2, -0.15) is 0 Å². The average Bonchev–Trinajstić information content (AvgIpc) is 3.22. The first kappa shape index (κ1) is 14.9. The van der Waals surface area contributed by atoms with Crippen molar-refractivity contribution in [2.75, 3.05) is 6.54 Å². The van der Waals surface area contributed by atoms with Crippen molar-refractivity contribution in [2.24, 2.45) is 5.92 Å². The summed E-state index contributed by atoms with van der Waals surface area (Å²) < 4.78 is 0. The lowest BCUT2D eigenvalue weighted by Crippen LogP contribution is -2.40. The lowest BCUT2D eigenvalue weighted by Gasteiger charge is -2.12. The van der Waals surface area contributed by atoms with Crippen molar-refractivity contribution in [2.45, 2.75) is 32.2 Å². The first-order valence-electron chi connectivity index (χ1n) is 6.86. The van der Waals surface area contributed by atoms with Crippen LogP contribution in [-0.4, -0.2) is 24.4 Å². The number of hydrogen-bond acceptors (Lipinski definition) is 2. The zero-order valence-corrected chi connectivity index (χ0v) is 12.2. The molecule has 0 bridgehead atoms. The number of rotatable bonds is 6. The average molecular weight is 295 g/mol. The van der Waals surface area contributed by atoms with Gasteiger partial charge in [0.25, 0.3) is 0 Å². The van der Waals surface area contributed by atoms with E-state index in [1.807, 2.05) is 31.2 Å². The van der Waals surface area contributed by atoms with E-state index in [0.29, 0.717) is 17.5 Å². The van der Waals surface area contributed by atoms with Gasteiger partial charge in [0, 0.05) is 17.0 Å². The summed E-state index contributed by atoms with van der Waals surface area (Å²) in [6, 6.07) is 7.76. The van der Waals surface area contributed by atoms with Crippen LogP contribution in [0.2, 0.25) is 5.02 Å². The fourth-order valence-corrected chi connectivity index (χ4v) is 2.04. The molecule has 4 nitrogen and oxygen atoms in total. The molecule has 1 aliphatic carbocycles. The number of carbonyl (C=O) groups is 2. The molecule has 0 radical (unpaired) electrons. The van der Waals surface area contributed by atoms with Crippen molar-refractivity contribution in [3.05, 3.63) is 34.9 Å². The van der Waals surface area contributed by atoms with Crippen LogP contribution in [0.3, 0.4) is 0 Å². The van der Waals surface area contributed by atoms with E-state index in [4.69, 9.17) is 11.6 Å². The van der Waals surface area contributed by atoms with Gasteiger partial charge in [0.05, 0.1) is 6.54 Å². The van der Waals surface area contributed by atoms with Gasteiger partial charge in [-0.3, -0.25) is 9.59 Å². The number of carbonyl (C=O) groups excluding carboxylic acids is 2. The predicted octanol–water partition coefficient (Wildman–Crippen LogP) is 1.91. The van der Waals surface area contributed by atoms with Gasteiger partial charge < -0.3 is 10.6 Å². The minimum absolute atomic E-state index is 0.0558. The Balaban J connectivity index is 1.73. The van der Waals surface area contributed by atoms with Crippen molar-refractivity contribution in [3.8, 4) is 0 Å². The normalized spacial score (nSPS) is 15.5. The van der Waals surface area contributed by atoms with E-state index in [1.54, 1.807) is 0 Å². The van der Waals surface area contributed by atoms with Gasteiger partial charge in [0.1, 0.15) is 0 Å². The molecule has 0 heterocycles. The second-order valence-corrected chi connectivity index (χ2v) is 5.73. The van der Waals surface area contributed by atoms with Crippen LogP contribution in [0, 0.1) is 5.92 Å². The van der Waals surface area contributed by atoms with Gasteiger partial charge in [0.15, 0.2) is 0 Å². The van der Waals surface area contributed by atoms with Crippen LogP contribution < -0.4 is 10.6 Å². The summed E-state index contributed by atoms with van der Waals surface area (Å²) >= 11 is 5.82. The van der Waals surface area contributed by atoms with Crippen LogP contribution in [0.1, 0.15) is 25.3 Å². The second kappa shape index (κ2) is 6.75. The zero-order chi connectivity index (χ0) is 14.5. The molecule has 0 aliphatic heterocycles. The standard InChI is InChI=1S/C15H19ClN2O2/c1-10(8-11-2-4-12(16)5-3-11)15(20)17-9-14(19)18-13-6-7-13/h2-5,10,13H,6-9H2,1H3,(H,17,20)(H,18,19). The van der Waals surface area contributed by atoms with Crippen molar-refractivity contribution in [1.29, 1.82) is 0 Å². The molecule has 1 aliphatic rings. The highest BCUT2D eigenvalue weighted by Gasteiger charge is 2.23. The molecule has 1 aromatic carbocycles. The number of amides is 2. The molecule has 1 fully saturated rings. The second-order valence-electron chi connectivity index (χ2n) is 5.29. The number of hydrogen-bond donors (Lipinski definition) is 2. The summed E-state index contributed by atoms with van der Waals surface area (Å²) in [4.78, 5) is 23.4. The fourth-order valence-electron chi connectivity index (χ4n) is 1.91. The number of benzene rings is 1. The molecule has 1 aromatic rings. The third-order valence-electron chi connectivity index (χ3n) is 3.27. The highest BCUT2D eigenvalue weighted by atomic mass is 35.5. The Morgan fingerprint density at radius 2 is 1.95 bits per heavy atom. The Bertz CT molecular complexity index is 483. The Morgan fingerprint density at radius 1 is 1.30 bits per heavy atom. The van der Waals surface area contributed by atoms with E-state index in [2.05, 4.69) is 10.6 Å². The molecule has 0 aromatic heterocycles. The van der Waals surface area contributed by atoms with E-state index in [9.17, 15) is 9.59 Å². The SMILES string of the molecule is CC(Cc1ccc(Cl)cc1)C(=O)NCC(=O)NC1CC1. The van der Waals surface area contributed by atoms with E-state index >= 15 is 0 Å². The van der Waals surface area contributed by atoms with E-state index in [0.717, 1.165) is 18.4 Å². The topological polar surface area (TPSA) is 58.2 Å². The highest BCUT2D eigenvalue weighted by molar-refractivity contribution is 6.30. The zero-order valence-electron chi connectivity index (χ0n) is 11.5. The molecule has 2 N–H and O–H groups in total. The van der Waals surface area contributed by atoms with Gasteiger partial charge in [0.2, 0.25) is 11.8 Å². The molecule has 1 atom stereocenters. The molecule has 108 valence electrons. The van der Waals surface area contributed by atoms with Crippen LogP contribution in [0.25, 0.3) is 0 Å². The van der Waals surface area contributed by atoms with Crippen LogP contribution in [0.4, 0.5) is 0 Å². The molecule has 20 heavy (non-hydrogen) atoms. The van der Waals surface area contributed by atoms with Gasteiger partial charge >= 0.3 is 0 Å². The third kappa shape index (κ3) is 4.85. The van der Waals surface area contributed by atoms with E-state index < -0.39 is 0 Å². The molecule has 1 unspecified atom stereocenters. The summed E-state index contributed by atoms with van der Waals surface area (Å²) in [5.74, 6) is -0.393. The van der Waals surface area contributed by atoms with E-state index in [-0.39, 0.29) is 24.3 Å². The van der Waals surface area contributed by atoms with Crippen LogP contribution in [0.5, 0.6) is 0 Å². The predicted molar refractivity (Wildman–Crippen MR) is 78.5 cm³/mol. The minimum Gasteiger partial charge on any atom is -0.352 e. The highest BCUT2D eigenvalue weighted by Crippen LogP contribution is 2.18. The lowest BCUT2D eigenvalue weighted by molar-refractivity contribution is -0.128. The van der Waals surface area contributed by atoms with Gasteiger partial charge in [-0.1, -0.05) is 30.7 Å². The molecular formula is C15H19ClN2O2. The Kier molecular flexibility index (Phi) is 5.01. The molecular weight excluding hydrogens is 276 g/mol. The quantitative estimate of drug-likeness (QED) is 0.842. The van der Waals surface area contributed by atoms with Crippen molar-refractivity contribution in [3.63, 3.8) is 0 Å². The van der Waals surface area contributed by atoms with Crippen molar-refractivity contribution < 1.29 is 9.59 Å². The van der Waals surface area contributed by atoms with E-state index in [1.165, 1.54) is 0 Å². The first-order chi connectivity index (χ1) is 9.54. The first-order valence-corrected chi connectivity index (χ1v) is 7.24. The lowest BCUT2D eigenvalue weighted by atomic mass is 10.0. The molecule has 2 amide bonds. The number of nitrogens with one attached hydrogen (secondary N) is 2. The molecule has 1 saturated carbocycles. The third-order valence-corrected chi connectivity index (χ3v) is 3.52. The fraction of sp³-hybridized carbons (Fsp3) is 0.467. The number of halogens is 1. The maximum atomic E-state index is 11.9. The monoisotopic (exact) mass is 294 g/mol. The summed E-state index contributed by atoms with van der Waals surface area (Å²) in [6.07, 6.45) is 2.73. The Hall–Kier alpha value is -1.55. The maximum absolute atomic E-state index is 11.9. The van der Waals surface area contributed by atoms with Crippen molar-refractivity contribution in [1.82, 2.24) is 10.6 Å². The Morgan fingerprint density at radius 3 is 2.55 bits per heavy atom. The molecule has 5 heteroatoms.